The number of halogens is 1. The second-order valence-electron chi connectivity index (χ2n) is 7.71. The molecule has 0 unspecified atom stereocenters. The van der Waals surface area contributed by atoms with Crippen LogP contribution in [0, 0.1) is 6.92 Å². The first kappa shape index (κ1) is 23.0. The molecule has 2 heterocycles. The number of nitrogens with zero attached hydrogens (tertiary/aromatic N) is 1. The van der Waals surface area contributed by atoms with E-state index in [9.17, 15) is 13.2 Å². The Balaban J connectivity index is 1.62. The lowest BCUT2D eigenvalue weighted by molar-refractivity contribution is 0.0600. The van der Waals surface area contributed by atoms with Gasteiger partial charge in [0.05, 0.1) is 17.6 Å². The Morgan fingerprint density at radius 1 is 1.22 bits per heavy atom. The molecular weight excluding hydrogens is 512 g/mol. The maximum absolute atomic E-state index is 13.0. The van der Waals surface area contributed by atoms with Crippen molar-refractivity contribution in [2.45, 2.75) is 31.3 Å². The average molecular weight is 535 g/mol. The number of methoxy groups -OCH3 is 1. The molecule has 0 radical (unpaired) electrons. The van der Waals surface area contributed by atoms with Crippen molar-refractivity contribution >= 4 is 48.3 Å². The summed E-state index contributed by atoms with van der Waals surface area (Å²) < 4.78 is 34.6. The summed E-state index contributed by atoms with van der Waals surface area (Å²) in [4.78, 5) is 16.0. The van der Waals surface area contributed by atoms with E-state index in [0.29, 0.717) is 23.5 Å². The third kappa shape index (κ3) is 4.91. The van der Waals surface area contributed by atoms with Gasteiger partial charge in [0.25, 0.3) is 10.0 Å². The quantitative estimate of drug-likeness (QED) is 0.452. The van der Waals surface area contributed by atoms with Gasteiger partial charge in [0, 0.05) is 29.0 Å². The molecule has 0 aliphatic carbocycles. The van der Waals surface area contributed by atoms with Gasteiger partial charge in [0.1, 0.15) is 5.00 Å². The number of thiophene rings is 1. The van der Waals surface area contributed by atoms with E-state index in [1.807, 2.05) is 19.1 Å². The molecule has 168 valence electrons. The molecule has 0 atom stereocenters. The molecule has 3 aromatic rings. The number of rotatable bonds is 6. The predicted molar refractivity (Wildman–Crippen MR) is 130 cm³/mol. The number of hydrogen-bond acceptors (Lipinski definition) is 6. The van der Waals surface area contributed by atoms with Crippen molar-refractivity contribution in [3.63, 3.8) is 0 Å². The van der Waals surface area contributed by atoms with Gasteiger partial charge in [-0.1, -0.05) is 45.8 Å². The van der Waals surface area contributed by atoms with E-state index >= 15 is 0 Å². The highest BCUT2D eigenvalue weighted by molar-refractivity contribution is 9.10. The van der Waals surface area contributed by atoms with Gasteiger partial charge in [-0.05, 0) is 48.7 Å². The zero-order valence-electron chi connectivity index (χ0n) is 17.7. The summed E-state index contributed by atoms with van der Waals surface area (Å²) in [5.41, 5.74) is 3.35. The number of ether oxygens (including phenoxy) is 1. The molecule has 4 rings (SSSR count). The standard InChI is InChI=1S/C23H23BrN2O4S2/c1-15-6-8-18(9-7-15)32(28,29)25-22-21(23(27)30-2)19-10-11-26(14-20(19)31-22)13-16-4-3-5-17(24)12-16/h3-9,12,25H,10-11,13-14H2,1-2H3. The number of carbonyl (C=O) groups excluding carboxylic acids is 1. The highest BCUT2D eigenvalue weighted by Crippen LogP contribution is 2.39. The number of nitrogens with one attached hydrogen (secondary N) is 1. The van der Waals surface area contributed by atoms with Gasteiger partial charge in [0.15, 0.2) is 0 Å². The largest absolute Gasteiger partial charge is 0.465 e. The van der Waals surface area contributed by atoms with Crippen molar-refractivity contribution in [2.24, 2.45) is 0 Å². The van der Waals surface area contributed by atoms with E-state index in [2.05, 4.69) is 37.7 Å². The maximum Gasteiger partial charge on any atom is 0.341 e. The van der Waals surface area contributed by atoms with Gasteiger partial charge in [0.2, 0.25) is 0 Å². The van der Waals surface area contributed by atoms with Gasteiger partial charge in [-0.3, -0.25) is 9.62 Å². The van der Waals surface area contributed by atoms with Crippen LogP contribution in [-0.4, -0.2) is 32.9 Å². The lowest BCUT2D eigenvalue weighted by Crippen LogP contribution is -2.29. The molecule has 0 saturated heterocycles. The summed E-state index contributed by atoms with van der Waals surface area (Å²) >= 11 is 4.81. The van der Waals surface area contributed by atoms with Crippen LogP contribution in [0.25, 0.3) is 0 Å². The Kier molecular flexibility index (Phi) is 6.71. The Morgan fingerprint density at radius 3 is 2.66 bits per heavy atom. The highest BCUT2D eigenvalue weighted by Gasteiger charge is 2.30. The van der Waals surface area contributed by atoms with Crippen molar-refractivity contribution in [3.8, 4) is 0 Å². The van der Waals surface area contributed by atoms with Crippen LogP contribution < -0.4 is 4.72 Å². The van der Waals surface area contributed by atoms with Crippen molar-refractivity contribution in [1.82, 2.24) is 4.90 Å². The molecule has 9 heteroatoms. The van der Waals surface area contributed by atoms with E-state index in [-0.39, 0.29) is 4.90 Å². The van der Waals surface area contributed by atoms with Crippen LogP contribution >= 0.6 is 27.3 Å². The zero-order valence-corrected chi connectivity index (χ0v) is 20.9. The van der Waals surface area contributed by atoms with Gasteiger partial charge in [-0.2, -0.15) is 0 Å². The van der Waals surface area contributed by atoms with Gasteiger partial charge < -0.3 is 4.74 Å². The fraction of sp³-hybridized carbons (Fsp3) is 0.261. The molecular formula is C23H23BrN2O4S2. The van der Waals surface area contributed by atoms with Crippen LogP contribution in [0.5, 0.6) is 0 Å². The summed E-state index contributed by atoms with van der Waals surface area (Å²) in [7, 11) is -2.51. The normalized spacial score (nSPS) is 14.1. The molecule has 32 heavy (non-hydrogen) atoms. The van der Waals surface area contributed by atoms with Crippen LogP contribution in [0.4, 0.5) is 5.00 Å². The smallest absolute Gasteiger partial charge is 0.341 e. The SMILES string of the molecule is COC(=O)c1c(NS(=O)(=O)c2ccc(C)cc2)sc2c1CCN(Cc1cccc(Br)c1)C2. The van der Waals surface area contributed by atoms with Gasteiger partial charge in [-0.15, -0.1) is 11.3 Å². The molecule has 0 spiro atoms. The monoisotopic (exact) mass is 534 g/mol. The molecule has 1 N–H and O–H groups in total. The van der Waals surface area contributed by atoms with Gasteiger partial charge >= 0.3 is 5.97 Å². The average Bonchev–Trinajstić information content (AvgIpc) is 3.09. The summed E-state index contributed by atoms with van der Waals surface area (Å²) in [6.45, 7) is 4.08. The number of benzene rings is 2. The summed E-state index contributed by atoms with van der Waals surface area (Å²) in [5, 5.41) is 0.312. The summed E-state index contributed by atoms with van der Waals surface area (Å²) in [5.74, 6) is -0.524. The van der Waals surface area contributed by atoms with Crippen LogP contribution in [0.3, 0.4) is 0 Å². The lowest BCUT2D eigenvalue weighted by atomic mass is 10.0. The predicted octanol–water partition coefficient (Wildman–Crippen LogP) is 4.96. The maximum atomic E-state index is 13.0. The zero-order chi connectivity index (χ0) is 22.9. The molecule has 6 nitrogen and oxygen atoms in total. The van der Waals surface area contributed by atoms with Crippen molar-refractivity contribution < 1.29 is 17.9 Å². The number of carbonyl (C=O) groups is 1. The van der Waals surface area contributed by atoms with Crippen molar-refractivity contribution in [1.29, 1.82) is 0 Å². The van der Waals surface area contributed by atoms with E-state index in [1.54, 1.807) is 24.3 Å². The Hall–Kier alpha value is -2.20. The fourth-order valence-corrected chi connectivity index (χ4v) is 6.80. The van der Waals surface area contributed by atoms with E-state index < -0.39 is 16.0 Å². The number of hydrogen-bond donors (Lipinski definition) is 1. The number of esters is 1. The Labute approximate surface area is 200 Å². The first-order valence-electron chi connectivity index (χ1n) is 10.1. The fourth-order valence-electron chi connectivity index (χ4n) is 3.77. The number of sulfonamides is 1. The van der Waals surface area contributed by atoms with Gasteiger partial charge in [-0.25, -0.2) is 13.2 Å². The first-order valence-corrected chi connectivity index (χ1v) is 13.2. The third-order valence-electron chi connectivity index (χ3n) is 5.38. The third-order valence-corrected chi connectivity index (χ3v) is 8.50. The van der Waals surface area contributed by atoms with E-state index in [1.165, 1.54) is 24.0 Å². The number of fused-ring (bicyclic) bond motifs is 1. The summed E-state index contributed by atoms with van der Waals surface area (Å²) in [6, 6.07) is 14.8. The Bertz CT molecular complexity index is 1250. The molecule has 1 aliphatic heterocycles. The highest BCUT2D eigenvalue weighted by atomic mass is 79.9. The lowest BCUT2D eigenvalue weighted by Gasteiger charge is -2.27. The molecule has 0 amide bonds. The molecule has 1 aliphatic rings. The Morgan fingerprint density at radius 2 is 1.97 bits per heavy atom. The molecule has 0 bridgehead atoms. The second kappa shape index (κ2) is 9.35. The topological polar surface area (TPSA) is 75.7 Å². The number of anilines is 1. The molecule has 0 saturated carbocycles. The van der Waals surface area contributed by atoms with Crippen molar-refractivity contribution in [3.05, 3.63) is 80.1 Å². The second-order valence-corrected chi connectivity index (χ2v) is 11.4. The number of aryl methyl sites for hydroxylation is 1. The van der Waals surface area contributed by atoms with Crippen LogP contribution in [0.2, 0.25) is 0 Å². The minimum absolute atomic E-state index is 0.154. The first-order chi connectivity index (χ1) is 15.3. The van der Waals surface area contributed by atoms with Crippen LogP contribution in [0.1, 0.15) is 31.9 Å². The molecule has 0 fully saturated rings. The van der Waals surface area contributed by atoms with E-state index in [0.717, 1.165) is 33.6 Å². The van der Waals surface area contributed by atoms with Crippen LogP contribution in [-0.2, 0) is 34.3 Å². The van der Waals surface area contributed by atoms with Crippen molar-refractivity contribution in [2.75, 3.05) is 18.4 Å². The minimum atomic E-state index is -3.83. The minimum Gasteiger partial charge on any atom is -0.465 e. The molecule has 1 aromatic heterocycles. The molecule has 2 aromatic carbocycles. The van der Waals surface area contributed by atoms with E-state index in [4.69, 9.17) is 4.74 Å². The van der Waals surface area contributed by atoms with Crippen LogP contribution in [0.15, 0.2) is 57.9 Å². The summed E-state index contributed by atoms with van der Waals surface area (Å²) in [6.07, 6.45) is 0.649.